The number of rotatable bonds is 6. The molecule has 156 valence electrons. The van der Waals surface area contributed by atoms with Gasteiger partial charge in [-0.05, 0) is 50.4 Å². The lowest BCUT2D eigenvalue weighted by Gasteiger charge is -2.31. The van der Waals surface area contributed by atoms with Crippen LogP contribution in [0.4, 0.5) is 0 Å². The molecule has 0 aliphatic carbocycles. The number of piperidine rings is 1. The smallest absolute Gasteiger partial charge is 0.241 e. The van der Waals surface area contributed by atoms with Crippen molar-refractivity contribution in [3.63, 3.8) is 0 Å². The number of carbonyl (C=O) groups excluding carboxylic acids is 1. The number of hydrogen-bond acceptors (Lipinski definition) is 6. The first kappa shape index (κ1) is 20.6. The second-order valence-electron chi connectivity index (χ2n) is 7.59. The summed E-state index contributed by atoms with van der Waals surface area (Å²) in [4.78, 5) is 19.2. The highest BCUT2D eigenvalue weighted by atomic mass is 35.5. The summed E-state index contributed by atoms with van der Waals surface area (Å²) in [6, 6.07) is 5.16. The van der Waals surface area contributed by atoms with Crippen molar-refractivity contribution in [3.05, 3.63) is 34.1 Å². The standard InChI is InChI=1S/C20H24Cl2N4O3/c21-14-5-6-16(17(22)9-14)19-24-18(29-25-19)12-26-7-1-3-13(11-26)20(27)23-10-15-4-2-8-28-15/h5-6,9,13,15H,1-4,7-8,10-12H2,(H,23,27). The number of ether oxygens (including phenoxy) is 1. The molecule has 0 radical (unpaired) electrons. The summed E-state index contributed by atoms with van der Waals surface area (Å²) in [6.45, 7) is 3.48. The van der Waals surface area contributed by atoms with Crippen LogP contribution in [0.3, 0.4) is 0 Å². The first-order chi connectivity index (χ1) is 14.1. The fourth-order valence-electron chi connectivity index (χ4n) is 3.87. The molecule has 0 saturated carbocycles. The second-order valence-corrected chi connectivity index (χ2v) is 8.43. The lowest BCUT2D eigenvalue weighted by atomic mass is 9.97. The quantitative estimate of drug-likeness (QED) is 0.742. The molecule has 2 aliphatic rings. The van der Waals surface area contributed by atoms with Gasteiger partial charge in [0.2, 0.25) is 17.6 Å². The van der Waals surface area contributed by atoms with Gasteiger partial charge in [-0.15, -0.1) is 0 Å². The summed E-state index contributed by atoms with van der Waals surface area (Å²) in [5.74, 6) is 1.01. The van der Waals surface area contributed by atoms with E-state index in [2.05, 4.69) is 20.4 Å². The third-order valence-corrected chi connectivity index (χ3v) is 5.95. The molecule has 0 spiro atoms. The van der Waals surface area contributed by atoms with Crippen LogP contribution in [0.25, 0.3) is 11.4 Å². The van der Waals surface area contributed by atoms with Crippen LogP contribution < -0.4 is 5.32 Å². The Kier molecular flexibility index (Phi) is 6.70. The van der Waals surface area contributed by atoms with E-state index in [-0.39, 0.29) is 17.9 Å². The maximum atomic E-state index is 12.5. The molecule has 2 atom stereocenters. The predicted molar refractivity (Wildman–Crippen MR) is 110 cm³/mol. The molecule has 1 N–H and O–H groups in total. The Morgan fingerprint density at radius 2 is 2.17 bits per heavy atom. The lowest BCUT2D eigenvalue weighted by molar-refractivity contribution is -0.127. The van der Waals surface area contributed by atoms with Crippen LogP contribution in [0.15, 0.2) is 22.7 Å². The fourth-order valence-corrected chi connectivity index (χ4v) is 4.36. The molecule has 2 aliphatic heterocycles. The number of carbonyl (C=O) groups is 1. The minimum atomic E-state index is -0.0294. The van der Waals surface area contributed by atoms with Crippen molar-refractivity contribution in [1.29, 1.82) is 0 Å². The zero-order valence-corrected chi connectivity index (χ0v) is 17.6. The summed E-state index contributed by atoms with van der Waals surface area (Å²) in [5.41, 5.74) is 0.677. The van der Waals surface area contributed by atoms with E-state index in [1.807, 2.05) is 0 Å². The fraction of sp³-hybridized carbons (Fsp3) is 0.550. The topological polar surface area (TPSA) is 80.5 Å². The summed E-state index contributed by atoms with van der Waals surface area (Å²) >= 11 is 12.2. The number of hydrogen-bond donors (Lipinski definition) is 1. The molecule has 1 amide bonds. The summed E-state index contributed by atoms with van der Waals surface area (Å²) in [6.07, 6.45) is 4.11. The Morgan fingerprint density at radius 3 is 2.97 bits per heavy atom. The monoisotopic (exact) mass is 438 g/mol. The molecule has 1 aromatic heterocycles. The van der Waals surface area contributed by atoms with Crippen LogP contribution in [0.1, 0.15) is 31.6 Å². The SMILES string of the molecule is O=C(NCC1CCCO1)C1CCCN(Cc2nc(-c3ccc(Cl)cc3Cl)no2)C1. The number of nitrogens with one attached hydrogen (secondary N) is 1. The molecule has 3 heterocycles. The zero-order valence-electron chi connectivity index (χ0n) is 16.1. The summed E-state index contributed by atoms with van der Waals surface area (Å²) < 4.78 is 11.0. The van der Waals surface area contributed by atoms with Crippen LogP contribution in [-0.4, -0.2) is 53.3 Å². The summed E-state index contributed by atoms with van der Waals surface area (Å²) in [7, 11) is 0. The maximum Gasteiger partial charge on any atom is 0.241 e. The van der Waals surface area contributed by atoms with E-state index in [0.717, 1.165) is 38.8 Å². The molecule has 2 unspecified atom stereocenters. The number of nitrogens with zero attached hydrogens (tertiary/aromatic N) is 3. The summed E-state index contributed by atoms with van der Waals surface area (Å²) in [5, 5.41) is 8.12. The Morgan fingerprint density at radius 1 is 1.28 bits per heavy atom. The van der Waals surface area contributed by atoms with Gasteiger partial charge in [0.25, 0.3) is 0 Å². The number of aromatic nitrogens is 2. The molecule has 29 heavy (non-hydrogen) atoms. The minimum Gasteiger partial charge on any atom is -0.376 e. The molecule has 2 saturated heterocycles. The Balaban J connectivity index is 1.32. The largest absolute Gasteiger partial charge is 0.376 e. The van der Waals surface area contributed by atoms with E-state index in [1.54, 1.807) is 18.2 Å². The van der Waals surface area contributed by atoms with E-state index in [0.29, 0.717) is 47.0 Å². The van der Waals surface area contributed by atoms with Gasteiger partial charge < -0.3 is 14.6 Å². The van der Waals surface area contributed by atoms with Crippen molar-refractivity contribution >= 4 is 29.1 Å². The van der Waals surface area contributed by atoms with Crippen LogP contribution in [0.5, 0.6) is 0 Å². The van der Waals surface area contributed by atoms with Crippen molar-refractivity contribution < 1.29 is 14.1 Å². The third-order valence-electron chi connectivity index (χ3n) is 5.40. The lowest BCUT2D eigenvalue weighted by Crippen LogP contribution is -2.44. The van der Waals surface area contributed by atoms with Gasteiger partial charge in [0.15, 0.2) is 0 Å². The molecule has 2 fully saturated rings. The predicted octanol–water partition coefficient (Wildman–Crippen LogP) is 3.55. The van der Waals surface area contributed by atoms with Crippen LogP contribution in [0, 0.1) is 5.92 Å². The third kappa shape index (κ3) is 5.28. The first-order valence-corrected chi connectivity index (χ1v) is 10.7. The molecular weight excluding hydrogens is 415 g/mol. The van der Waals surface area contributed by atoms with Crippen LogP contribution in [-0.2, 0) is 16.1 Å². The molecule has 0 bridgehead atoms. The van der Waals surface area contributed by atoms with E-state index >= 15 is 0 Å². The number of benzene rings is 1. The molecule has 1 aromatic carbocycles. The highest BCUT2D eigenvalue weighted by Gasteiger charge is 2.28. The highest BCUT2D eigenvalue weighted by molar-refractivity contribution is 6.36. The van der Waals surface area contributed by atoms with Gasteiger partial charge in [-0.1, -0.05) is 28.4 Å². The molecule has 7 nitrogen and oxygen atoms in total. The van der Waals surface area contributed by atoms with Gasteiger partial charge in [0.1, 0.15) is 0 Å². The first-order valence-electron chi connectivity index (χ1n) is 9.98. The number of amides is 1. The molecule has 4 rings (SSSR count). The van der Waals surface area contributed by atoms with Gasteiger partial charge in [-0.2, -0.15) is 4.98 Å². The second kappa shape index (κ2) is 9.43. The van der Waals surface area contributed by atoms with Crippen molar-refractivity contribution in [2.75, 3.05) is 26.2 Å². The number of likely N-dealkylation sites (tertiary alicyclic amines) is 1. The maximum absolute atomic E-state index is 12.5. The minimum absolute atomic E-state index is 0.0294. The van der Waals surface area contributed by atoms with E-state index in [9.17, 15) is 4.79 Å². The van der Waals surface area contributed by atoms with Crippen molar-refractivity contribution in [3.8, 4) is 11.4 Å². The van der Waals surface area contributed by atoms with Crippen molar-refractivity contribution in [2.24, 2.45) is 5.92 Å². The Bertz CT molecular complexity index is 854. The van der Waals surface area contributed by atoms with E-state index in [1.165, 1.54) is 0 Å². The van der Waals surface area contributed by atoms with E-state index < -0.39 is 0 Å². The van der Waals surface area contributed by atoms with Gasteiger partial charge in [-0.25, -0.2) is 0 Å². The normalized spacial score (nSPS) is 22.7. The van der Waals surface area contributed by atoms with Gasteiger partial charge in [0, 0.05) is 30.3 Å². The Labute approximate surface area is 179 Å². The number of halogens is 2. The van der Waals surface area contributed by atoms with Gasteiger partial charge >= 0.3 is 0 Å². The Hall–Kier alpha value is -1.67. The average molecular weight is 439 g/mol. The highest BCUT2D eigenvalue weighted by Crippen LogP contribution is 2.28. The van der Waals surface area contributed by atoms with Crippen molar-refractivity contribution in [2.45, 2.75) is 38.3 Å². The molecule has 9 heteroatoms. The van der Waals surface area contributed by atoms with Crippen molar-refractivity contribution in [1.82, 2.24) is 20.4 Å². The van der Waals surface area contributed by atoms with Crippen LogP contribution in [0.2, 0.25) is 10.0 Å². The van der Waals surface area contributed by atoms with E-state index in [4.69, 9.17) is 32.5 Å². The molecule has 2 aromatic rings. The molecular formula is C20H24Cl2N4O3. The average Bonchev–Trinajstić information content (AvgIpc) is 3.38. The van der Waals surface area contributed by atoms with Crippen LogP contribution >= 0.6 is 23.2 Å². The van der Waals surface area contributed by atoms with Gasteiger partial charge in [0.05, 0.1) is 23.6 Å². The van der Waals surface area contributed by atoms with Gasteiger partial charge in [-0.3, -0.25) is 9.69 Å². The zero-order chi connectivity index (χ0) is 20.2.